The monoisotopic (exact) mass is 397 g/mol. The SMILES string of the molecule is O=C(O)CCN(Cc1cccc(Br)c1)C(=O)COCC(F)(F)F. The zero-order valence-corrected chi connectivity index (χ0v) is 13.6. The second kappa shape index (κ2) is 8.88. The smallest absolute Gasteiger partial charge is 0.411 e. The Kier molecular flexibility index (Phi) is 7.50. The van der Waals surface area contributed by atoms with Crippen molar-refractivity contribution in [3.63, 3.8) is 0 Å². The summed E-state index contributed by atoms with van der Waals surface area (Å²) in [5, 5.41) is 8.71. The van der Waals surface area contributed by atoms with Crippen LogP contribution in [0.5, 0.6) is 0 Å². The fraction of sp³-hybridized carbons (Fsp3) is 0.429. The molecule has 1 aromatic rings. The van der Waals surface area contributed by atoms with Crippen molar-refractivity contribution in [3.05, 3.63) is 34.3 Å². The molecular weight excluding hydrogens is 383 g/mol. The lowest BCUT2D eigenvalue weighted by Gasteiger charge is -2.22. The maximum absolute atomic E-state index is 12.0. The number of alkyl halides is 3. The molecule has 128 valence electrons. The van der Waals surface area contributed by atoms with Crippen LogP contribution in [0.2, 0.25) is 0 Å². The van der Waals surface area contributed by atoms with Crippen molar-refractivity contribution in [2.75, 3.05) is 19.8 Å². The van der Waals surface area contributed by atoms with Gasteiger partial charge >= 0.3 is 12.1 Å². The lowest BCUT2D eigenvalue weighted by molar-refractivity contribution is -0.178. The van der Waals surface area contributed by atoms with E-state index in [0.29, 0.717) is 5.56 Å². The van der Waals surface area contributed by atoms with Crippen LogP contribution in [-0.2, 0) is 20.9 Å². The van der Waals surface area contributed by atoms with E-state index in [1.165, 1.54) is 0 Å². The van der Waals surface area contributed by atoms with Crippen molar-refractivity contribution in [2.45, 2.75) is 19.1 Å². The number of nitrogens with zero attached hydrogens (tertiary/aromatic N) is 1. The Morgan fingerprint density at radius 2 is 2.00 bits per heavy atom. The maximum atomic E-state index is 12.0. The number of carboxylic acids is 1. The summed E-state index contributed by atoms with van der Waals surface area (Å²) in [5.74, 6) is -1.80. The fourth-order valence-electron chi connectivity index (χ4n) is 1.72. The number of hydrogen-bond acceptors (Lipinski definition) is 3. The second-order valence-corrected chi connectivity index (χ2v) is 5.61. The van der Waals surface area contributed by atoms with Crippen LogP contribution in [0.3, 0.4) is 0 Å². The van der Waals surface area contributed by atoms with Crippen LogP contribution in [0.25, 0.3) is 0 Å². The van der Waals surface area contributed by atoms with Gasteiger partial charge in [0.25, 0.3) is 0 Å². The summed E-state index contributed by atoms with van der Waals surface area (Å²) in [6, 6.07) is 6.97. The van der Waals surface area contributed by atoms with Gasteiger partial charge in [-0.2, -0.15) is 13.2 Å². The fourth-order valence-corrected chi connectivity index (χ4v) is 2.17. The molecule has 1 N–H and O–H groups in total. The van der Waals surface area contributed by atoms with E-state index >= 15 is 0 Å². The number of halogens is 4. The van der Waals surface area contributed by atoms with Crippen molar-refractivity contribution in [1.29, 1.82) is 0 Å². The molecule has 0 unspecified atom stereocenters. The molecule has 0 aliphatic rings. The largest absolute Gasteiger partial charge is 0.481 e. The van der Waals surface area contributed by atoms with E-state index in [0.717, 1.165) is 9.37 Å². The first-order valence-electron chi connectivity index (χ1n) is 6.56. The second-order valence-electron chi connectivity index (χ2n) is 4.70. The summed E-state index contributed by atoms with van der Waals surface area (Å²) in [6.07, 6.45) is -4.82. The molecular formula is C14H15BrF3NO4. The first kappa shape index (κ1) is 19.4. The number of carboxylic acid groups (broad SMARTS) is 1. The van der Waals surface area contributed by atoms with Crippen LogP contribution in [0.15, 0.2) is 28.7 Å². The van der Waals surface area contributed by atoms with E-state index in [9.17, 15) is 22.8 Å². The number of carbonyl (C=O) groups excluding carboxylic acids is 1. The van der Waals surface area contributed by atoms with Crippen LogP contribution < -0.4 is 0 Å². The maximum Gasteiger partial charge on any atom is 0.411 e. The minimum atomic E-state index is -4.52. The molecule has 0 saturated carbocycles. The number of amides is 1. The third kappa shape index (κ3) is 8.56. The van der Waals surface area contributed by atoms with E-state index in [1.807, 2.05) is 0 Å². The van der Waals surface area contributed by atoms with E-state index in [-0.39, 0.29) is 19.5 Å². The molecule has 0 radical (unpaired) electrons. The van der Waals surface area contributed by atoms with Gasteiger partial charge in [0.1, 0.15) is 13.2 Å². The number of carbonyl (C=O) groups is 2. The van der Waals surface area contributed by atoms with E-state index < -0.39 is 31.3 Å². The highest BCUT2D eigenvalue weighted by Crippen LogP contribution is 2.16. The zero-order valence-electron chi connectivity index (χ0n) is 12.0. The Hall–Kier alpha value is -1.61. The number of benzene rings is 1. The zero-order chi connectivity index (χ0) is 17.5. The number of rotatable bonds is 8. The molecule has 23 heavy (non-hydrogen) atoms. The first-order chi connectivity index (χ1) is 10.7. The van der Waals surface area contributed by atoms with Crippen LogP contribution in [-0.4, -0.2) is 47.8 Å². The topological polar surface area (TPSA) is 66.8 Å². The van der Waals surface area contributed by atoms with Gasteiger partial charge in [-0.25, -0.2) is 0 Å². The van der Waals surface area contributed by atoms with Gasteiger partial charge in [0.2, 0.25) is 5.91 Å². The molecule has 0 bridgehead atoms. The van der Waals surface area contributed by atoms with Crippen molar-refractivity contribution < 1.29 is 32.6 Å². The Labute approximate surface area is 139 Å². The van der Waals surface area contributed by atoms with Gasteiger partial charge in [0.15, 0.2) is 0 Å². The average molecular weight is 398 g/mol. The summed E-state index contributed by atoms with van der Waals surface area (Å²) < 4.78 is 41.2. The van der Waals surface area contributed by atoms with Gasteiger partial charge in [0, 0.05) is 17.6 Å². The van der Waals surface area contributed by atoms with E-state index in [1.54, 1.807) is 24.3 Å². The molecule has 0 saturated heterocycles. The summed E-state index contributed by atoms with van der Waals surface area (Å²) >= 11 is 3.27. The highest BCUT2D eigenvalue weighted by Gasteiger charge is 2.28. The molecule has 0 atom stereocenters. The number of hydrogen-bond donors (Lipinski definition) is 1. The van der Waals surface area contributed by atoms with E-state index in [4.69, 9.17) is 5.11 Å². The van der Waals surface area contributed by atoms with Crippen LogP contribution in [0, 0.1) is 0 Å². The van der Waals surface area contributed by atoms with Gasteiger partial charge in [0.05, 0.1) is 6.42 Å². The lowest BCUT2D eigenvalue weighted by Crippen LogP contribution is -2.36. The third-order valence-electron chi connectivity index (χ3n) is 2.70. The van der Waals surface area contributed by atoms with Gasteiger partial charge in [-0.3, -0.25) is 9.59 Å². The van der Waals surface area contributed by atoms with Crippen molar-refractivity contribution in [2.24, 2.45) is 0 Å². The summed E-state index contributed by atoms with van der Waals surface area (Å²) in [6.45, 7) is -2.31. The normalized spacial score (nSPS) is 11.3. The highest BCUT2D eigenvalue weighted by atomic mass is 79.9. The molecule has 0 aromatic heterocycles. The standard InChI is InChI=1S/C14H15BrF3NO4/c15-11-3-1-2-10(6-11)7-19(5-4-13(21)22)12(20)8-23-9-14(16,17)18/h1-3,6H,4-5,7-9H2,(H,21,22). The van der Waals surface area contributed by atoms with Gasteiger partial charge in [-0.15, -0.1) is 0 Å². The Balaban J connectivity index is 2.67. The molecule has 0 aliphatic heterocycles. The third-order valence-corrected chi connectivity index (χ3v) is 3.20. The Morgan fingerprint density at radius 3 is 2.57 bits per heavy atom. The molecule has 1 rings (SSSR count). The van der Waals surface area contributed by atoms with Gasteiger partial charge in [-0.05, 0) is 17.7 Å². The molecule has 1 aromatic carbocycles. The molecule has 0 fully saturated rings. The average Bonchev–Trinajstić information content (AvgIpc) is 2.41. The molecule has 9 heteroatoms. The Morgan fingerprint density at radius 1 is 1.30 bits per heavy atom. The van der Waals surface area contributed by atoms with Gasteiger partial charge in [-0.1, -0.05) is 28.1 Å². The molecule has 0 spiro atoms. The summed E-state index contributed by atoms with van der Waals surface area (Å²) in [5.41, 5.74) is 0.717. The summed E-state index contributed by atoms with van der Waals surface area (Å²) in [7, 11) is 0. The van der Waals surface area contributed by atoms with Crippen LogP contribution >= 0.6 is 15.9 Å². The quantitative estimate of drug-likeness (QED) is 0.732. The molecule has 5 nitrogen and oxygen atoms in total. The van der Waals surface area contributed by atoms with Crippen molar-refractivity contribution in [1.82, 2.24) is 4.90 Å². The highest BCUT2D eigenvalue weighted by molar-refractivity contribution is 9.10. The van der Waals surface area contributed by atoms with E-state index in [2.05, 4.69) is 20.7 Å². The molecule has 0 heterocycles. The molecule has 1 amide bonds. The minimum absolute atomic E-state index is 0.0843. The van der Waals surface area contributed by atoms with Crippen molar-refractivity contribution in [3.8, 4) is 0 Å². The molecule has 0 aliphatic carbocycles. The summed E-state index contributed by atoms with van der Waals surface area (Å²) in [4.78, 5) is 23.8. The van der Waals surface area contributed by atoms with Gasteiger partial charge < -0.3 is 14.7 Å². The number of aliphatic carboxylic acids is 1. The predicted octanol–water partition coefficient (Wildman–Crippen LogP) is 2.83. The first-order valence-corrected chi connectivity index (χ1v) is 7.35. The Bertz CT molecular complexity index is 551. The minimum Gasteiger partial charge on any atom is -0.481 e. The van der Waals surface area contributed by atoms with Crippen LogP contribution in [0.4, 0.5) is 13.2 Å². The lowest BCUT2D eigenvalue weighted by atomic mass is 10.2. The van der Waals surface area contributed by atoms with Crippen LogP contribution in [0.1, 0.15) is 12.0 Å². The van der Waals surface area contributed by atoms with Crippen molar-refractivity contribution >= 4 is 27.8 Å². The number of ether oxygens (including phenoxy) is 1. The predicted molar refractivity (Wildman–Crippen MR) is 78.7 cm³/mol.